The van der Waals surface area contributed by atoms with Crippen molar-refractivity contribution in [2.45, 2.75) is 38.6 Å². The van der Waals surface area contributed by atoms with Crippen molar-refractivity contribution in [3.8, 4) is 0 Å². The van der Waals surface area contributed by atoms with Gasteiger partial charge in [-0.1, -0.05) is 25.1 Å². The van der Waals surface area contributed by atoms with Crippen LogP contribution in [0, 0.1) is 0 Å². The molecule has 0 spiro atoms. The quantitative estimate of drug-likeness (QED) is 0.668. The summed E-state index contributed by atoms with van der Waals surface area (Å²) in [7, 11) is 0. The Labute approximate surface area is 188 Å². The molecule has 1 saturated heterocycles. The van der Waals surface area contributed by atoms with E-state index in [9.17, 15) is 4.79 Å². The molecule has 32 heavy (non-hydrogen) atoms. The average molecular weight is 429 g/mol. The molecule has 1 aromatic carbocycles. The fourth-order valence-corrected chi connectivity index (χ4v) is 4.52. The van der Waals surface area contributed by atoms with Crippen LogP contribution in [0.4, 0.5) is 17.3 Å². The first-order chi connectivity index (χ1) is 15.7. The highest BCUT2D eigenvalue weighted by Gasteiger charge is 2.25. The highest BCUT2D eigenvalue weighted by Crippen LogP contribution is 2.29. The first-order valence-corrected chi connectivity index (χ1v) is 11.4. The van der Waals surface area contributed by atoms with E-state index in [0.29, 0.717) is 11.6 Å². The molecular formula is C25H28N6O. The van der Waals surface area contributed by atoms with Gasteiger partial charge in [-0.15, -0.1) is 0 Å². The third-order valence-corrected chi connectivity index (χ3v) is 6.39. The van der Waals surface area contributed by atoms with Crippen LogP contribution in [0.2, 0.25) is 0 Å². The van der Waals surface area contributed by atoms with Gasteiger partial charge in [0.2, 0.25) is 0 Å². The van der Waals surface area contributed by atoms with E-state index in [0.717, 1.165) is 68.3 Å². The second-order valence-electron chi connectivity index (χ2n) is 8.39. The number of carbonyl (C=O) groups is 1. The number of nitrogens with zero attached hydrogens (tertiary/aromatic N) is 5. The van der Waals surface area contributed by atoms with Crippen LogP contribution in [0.15, 0.2) is 55.0 Å². The highest BCUT2D eigenvalue weighted by atomic mass is 16.2. The molecule has 2 aliphatic rings. The van der Waals surface area contributed by atoms with Gasteiger partial charge in [-0.05, 0) is 49.4 Å². The molecule has 1 fully saturated rings. The van der Waals surface area contributed by atoms with Gasteiger partial charge in [0, 0.05) is 49.3 Å². The zero-order valence-corrected chi connectivity index (χ0v) is 18.4. The number of aryl methyl sites for hydroxylation is 1. The first kappa shape index (κ1) is 20.4. The van der Waals surface area contributed by atoms with Gasteiger partial charge >= 0.3 is 0 Å². The van der Waals surface area contributed by atoms with Crippen molar-refractivity contribution in [2.24, 2.45) is 0 Å². The molecule has 0 bridgehead atoms. The monoisotopic (exact) mass is 428 g/mol. The number of hydrogen-bond donors (Lipinski definition) is 1. The van der Waals surface area contributed by atoms with Crippen molar-refractivity contribution >= 4 is 23.2 Å². The minimum absolute atomic E-state index is 0.0126. The van der Waals surface area contributed by atoms with Gasteiger partial charge in [0.25, 0.3) is 5.91 Å². The molecule has 0 atom stereocenters. The smallest absolute Gasteiger partial charge is 0.259 e. The number of carbonyl (C=O) groups excluding carboxylic acids is 1. The number of hydrogen-bond acceptors (Lipinski definition) is 6. The van der Waals surface area contributed by atoms with Crippen molar-refractivity contribution < 1.29 is 4.79 Å². The van der Waals surface area contributed by atoms with Gasteiger partial charge in [-0.25, -0.2) is 15.0 Å². The lowest BCUT2D eigenvalue weighted by molar-refractivity contribution is 0.0989. The number of rotatable bonds is 5. The largest absolute Gasteiger partial charge is 0.367 e. The maximum Gasteiger partial charge on any atom is 0.259 e. The van der Waals surface area contributed by atoms with E-state index in [1.54, 1.807) is 12.5 Å². The summed E-state index contributed by atoms with van der Waals surface area (Å²) >= 11 is 0. The standard InChI is InChI=1S/C25H28N6O/c1-2-20-15-24(28-17-27-20)30-12-10-21(11-13-30)29-23-8-7-19(16-26-23)25(32)31-14-9-18-5-3-4-6-22(18)31/h3-8,15-17,21H,2,9-14H2,1H3,(H,26,29). The summed E-state index contributed by atoms with van der Waals surface area (Å²) in [5, 5.41) is 3.53. The Balaban J connectivity index is 1.17. The first-order valence-electron chi connectivity index (χ1n) is 11.4. The predicted octanol–water partition coefficient (Wildman–Crippen LogP) is 3.72. The van der Waals surface area contributed by atoms with Gasteiger partial charge in [0.15, 0.2) is 0 Å². The van der Waals surface area contributed by atoms with Crippen LogP contribution in [0.1, 0.15) is 41.4 Å². The molecule has 5 rings (SSSR count). The molecule has 1 amide bonds. The highest BCUT2D eigenvalue weighted by molar-refractivity contribution is 6.07. The third kappa shape index (κ3) is 4.15. The number of anilines is 3. The summed E-state index contributed by atoms with van der Waals surface area (Å²) in [5.74, 6) is 1.84. The van der Waals surface area contributed by atoms with Crippen LogP contribution in [-0.2, 0) is 12.8 Å². The molecule has 0 saturated carbocycles. The molecule has 0 aliphatic carbocycles. The minimum Gasteiger partial charge on any atom is -0.367 e. The molecule has 1 N–H and O–H groups in total. The van der Waals surface area contributed by atoms with Crippen LogP contribution in [0.25, 0.3) is 0 Å². The number of piperidine rings is 1. The van der Waals surface area contributed by atoms with Crippen LogP contribution in [0.5, 0.6) is 0 Å². The lowest BCUT2D eigenvalue weighted by Gasteiger charge is -2.33. The Bertz CT molecular complexity index is 1090. The van der Waals surface area contributed by atoms with Crippen molar-refractivity contribution in [3.05, 3.63) is 71.8 Å². The lowest BCUT2D eigenvalue weighted by atomic mass is 10.0. The number of pyridine rings is 1. The molecule has 7 nitrogen and oxygen atoms in total. The third-order valence-electron chi connectivity index (χ3n) is 6.39. The Morgan fingerprint density at radius 2 is 1.91 bits per heavy atom. The van der Waals surface area contributed by atoms with E-state index < -0.39 is 0 Å². The van der Waals surface area contributed by atoms with Gasteiger partial charge in [0.1, 0.15) is 18.0 Å². The molecule has 164 valence electrons. The number of amides is 1. The maximum absolute atomic E-state index is 13.0. The number of aromatic nitrogens is 3. The number of nitrogens with one attached hydrogen (secondary N) is 1. The van der Waals surface area contributed by atoms with Crippen molar-refractivity contribution in [3.63, 3.8) is 0 Å². The Morgan fingerprint density at radius 3 is 2.69 bits per heavy atom. The SMILES string of the molecule is CCc1cc(N2CCC(Nc3ccc(C(=O)N4CCc5ccccc54)cn3)CC2)ncn1. The van der Waals surface area contributed by atoms with E-state index in [1.165, 1.54) is 5.56 Å². The minimum atomic E-state index is 0.0126. The Kier molecular flexibility index (Phi) is 5.71. The Hall–Kier alpha value is -3.48. The normalized spacial score (nSPS) is 16.2. The molecule has 4 heterocycles. The Morgan fingerprint density at radius 1 is 1.06 bits per heavy atom. The fraction of sp³-hybridized carbons (Fsp3) is 0.360. The summed E-state index contributed by atoms with van der Waals surface area (Å²) in [6, 6.07) is 14.3. The van der Waals surface area contributed by atoms with Crippen LogP contribution in [-0.4, -0.2) is 46.5 Å². The van der Waals surface area contributed by atoms with E-state index >= 15 is 0 Å². The molecule has 3 aromatic rings. The van der Waals surface area contributed by atoms with Crippen LogP contribution < -0.4 is 15.1 Å². The summed E-state index contributed by atoms with van der Waals surface area (Å²) in [5.41, 5.74) is 3.94. The summed E-state index contributed by atoms with van der Waals surface area (Å²) in [6.45, 7) is 4.73. The number of para-hydroxylation sites is 1. The van der Waals surface area contributed by atoms with Crippen LogP contribution >= 0.6 is 0 Å². The number of benzene rings is 1. The molecule has 7 heteroatoms. The summed E-state index contributed by atoms with van der Waals surface area (Å²) < 4.78 is 0. The van der Waals surface area contributed by atoms with E-state index in [4.69, 9.17) is 0 Å². The van der Waals surface area contributed by atoms with Gasteiger partial charge in [-0.2, -0.15) is 0 Å². The maximum atomic E-state index is 13.0. The molecule has 2 aromatic heterocycles. The number of fused-ring (bicyclic) bond motifs is 1. The van der Waals surface area contributed by atoms with E-state index in [2.05, 4.69) is 44.2 Å². The fourth-order valence-electron chi connectivity index (χ4n) is 4.52. The predicted molar refractivity (Wildman–Crippen MR) is 126 cm³/mol. The second kappa shape index (κ2) is 8.94. The lowest BCUT2D eigenvalue weighted by Crippen LogP contribution is -2.39. The topological polar surface area (TPSA) is 74.2 Å². The molecule has 2 aliphatic heterocycles. The van der Waals surface area contributed by atoms with Crippen LogP contribution in [0.3, 0.4) is 0 Å². The zero-order valence-electron chi connectivity index (χ0n) is 18.4. The summed E-state index contributed by atoms with van der Waals surface area (Å²) in [4.78, 5) is 30.4. The molecule has 0 radical (unpaired) electrons. The van der Waals surface area contributed by atoms with Crippen molar-refractivity contribution in [1.82, 2.24) is 15.0 Å². The van der Waals surface area contributed by atoms with Gasteiger partial charge in [-0.3, -0.25) is 4.79 Å². The average Bonchev–Trinajstić information content (AvgIpc) is 3.29. The zero-order chi connectivity index (χ0) is 21.9. The van der Waals surface area contributed by atoms with E-state index in [1.807, 2.05) is 35.2 Å². The summed E-state index contributed by atoms with van der Waals surface area (Å²) in [6.07, 6.45) is 7.20. The van der Waals surface area contributed by atoms with Crippen molar-refractivity contribution in [1.29, 1.82) is 0 Å². The van der Waals surface area contributed by atoms with Gasteiger partial charge in [0.05, 0.1) is 5.56 Å². The second-order valence-corrected chi connectivity index (χ2v) is 8.39. The van der Waals surface area contributed by atoms with Gasteiger partial charge < -0.3 is 15.1 Å². The van der Waals surface area contributed by atoms with Crippen molar-refractivity contribution in [2.75, 3.05) is 34.8 Å². The van der Waals surface area contributed by atoms with E-state index in [-0.39, 0.29) is 5.91 Å². The molecule has 0 unspecified atom stereocenters. The molecular weight excluding hydrogens is 400 g/mol.